The van der Waals surface area contributed by atoms with E-state index in [4.69, 9.17) is 5.73 Å². The molecule has 3 rings (SSSR count). The van der Waals surface area contributed by atoms with Gasteiger partial charge in [0.2, 0.25) is 5.91 Å². The summed E-state index contributed by atoms with van der Waals surface area (Å²) >= 11 is 0. The summed E-state index contributed by atoms with van der Waals surface area (Å²) in [5, 5.41) is 1.27. The molecular weight excluding hydrogens is 260 g/mol. The van der Waals surface area contributed by atoms with E-state index in [0.717, 1.165) is 18.9 Å². The minimum absolute atomic E-state index is 0.223. The number of rotatable bonds is 5. The number of amides is 1. The summed E-state index contributed by atoms with van der Waals surface area (Å²) < 4.78 is 2.39. The zero-order chi connectivity index (χ0) is 14.7. The molecule has 0 spiro atoms. The fourth-order valence-corrected chi connectivity index (χ4v) is 3.58. The highest BCUT2D eigenvalue weighted by molar-refractivity contribution is 5.84. The Morgan fingerprint density at radius 3 is 2.71 bits per heavy atom. The van der Waals surface area contributed by atoms with Crippen LogP contribution in [0.25, 0.3) is 10.9 Å². The Balaban J connectivity index is 1.85. The number of hydrogen-bond donors (Lipinski definition) is 1. The summed E-state index contributed by atoms with van der Waals surface area (Å²) in [6.07, 6.45) is 10.3. The van der Waals surface area contributed by atoms with Crippen molar-refractivity contribution in [3.05, 3.63) is 36.0 Å². The Bertz CT molecular complexity index is 623. The number of aromatic nitrogens is 1. The molecule has 0 bridgehead atoms. The zero-order valence-corrected chi connectivity index (χ0v) is 12.6. The number of aryl methyl sites for hydroxylation is 1. The number of benzene rings is 1. The zero-order valence-electron chi connectivity index (χ0n) is 12.6. The molecule has 0 saturated heterocycles. The maximum Gasteiger partial charge on any atom is 0.217 e. The lowest BCUT2D eigenvalue weighted by Gasteiger charge is -2.22. The van der Waals surface area contributed by atoms with Crippen molar-refractivity contribution in [1.29, 1.82) is 0 Å². The van der Waals surface area contributed by atoms with E-state index in [0.29, 0.717) is 6.42 Å². The van der Waals surface area contributed by atoms with Gasteiger partial charge in [-0.05, 0) is 36.8 Å². The number of carbonyl (C=O) groups excluding carboxylic acids is 1. The molecule has 1 amide bonds. The van der Waals surface area contributed by atoms with Crippen LogP contribution in [0.15, 0.2) is 30.5 Å². The highest BCUT2D eigenvalue weighted by Crippen LogP contribution is 2.28. The second-order valence-corrected chi connectivity index (χ2v) is 6.29. The Kier molecular flexibility index (Phi) is 4.28. The molecule has 1 heterocycles. The maximum atomic E-state index is 11.0. The fourth-order valence-electron chi connectivity index (χ4n) is 3.58. The lowest BCUT2D eigenvalue weighted by molar-refractivity contribution is -0.117. The number of para-hydroxylation sites is 1. The Labute approximate surface area is 126 Å². The van der Waals surface area contributed by atoms with Crippen LogP contribution in [-0.2, 0) is 17.8 Å². The number of nitrogens with two attached hydrogens (primary N) is 1. The normalized spacial score (nSPS) is 16.4. The van der Waals surface area contributed by atoms with E-state index in [1.54, 1.807) is 0 Å². The maximum absolute atomic E-state index is 11.0. The van der Waals surface area contributed by atoms with Crippen LogP contribution >= 0.6 is 0 Å². The van der Waals surface area contributed by atoms with Crippen LogP contribution in [0.4, 0.5) is 0 Å². The number of nitrogens with zero attached hydrogens (tertiary/aromatic N) is 1. The van der Waals surface area contributed by atoms with Crippen LogP contribution in [0.5, 0.6) is 0 Å². The van der Waals surface area contributed by atoms with Gasteiger partial charge in [-0.15, -0.1) is 0 Å². The summed E-state index contributed by atoms with van der Waals surface area (Å²) in [5.74, 6) is 0.581. The molecule has 1 saturated carbocycles. The van der Waals surface area contributed by atoms with Gasteiger partial charge in [-0.25, -0.2) is 0 Å². The molecule has 0 atom stereocenters. The van der Waals surface area contributed by atoms with E-state index in [9.17, 15) is 4.79 Å². The van der Waals surface area contributed by atoms with Crippen LogP contribution in [-0.4, -0.2) is 10.5 Å². The van der Waals surface area contributed by atoms with Crippen molar-refractivity contribution in [2.24, 2.45) is 11.7 Å². The topological polar surface area (TPSA) is 48.0 Å². The molecule has 21 heavy (non-hydrogen) atoms. The van der Waals surface area contributed by atoms with Crippen molar-refractivity contribution in [3.8, 4) is 0 Å². The largest absolute Gasteiger partial charge is 0.370 e. The van der Waals surface area contributed by atoms with Gasteiger partial charge in [0, 0.05) is 30.1 Å². The molecule has 1 aliphatic rings. The van der Waals surface area contributed by atoms with E-state index in [1.807, 2.05) is 0 Å². The van der Waals surface area contributed by atoms with Crippen LogP contribution in [0.2, 0.25) is 0 Å². The van der Waals surface area contributed by atoms with Crippen LogP contribution in [0, 0.1) is 5.92 Å². The standard InChI is InChI=1S/C18H24N2O/c19-18(21)11-10-15-13-20(12-14-6-2-1-3-7-14)17-9-5-4-8-16(15)17/h4-5,8-9,13-14H,1-3,6-7,10-12H2,(H2,19,21). The third kappa shape index (κ3) is 3.29. The van der Waals surface area contributed by atoms with Crippen molar-refractivity contribution in [3.63, 3.8) is 0 Å². The van der Waals surface area contributed by atoms with Gasteiger partial charge in [-0.2, -0.15) is 0 Å². The Morgan fingerprint density at radius 1 is 1.19 bits per heavy atom. The Morgan fingerprint density at radius 2 is 1.95 bits per heavy atom. The molecule has 1 fully saturated rings. The molecule has 2 aromatic rings. The van der Waals surface area contributed by atoms with Crippen LogP contribution in [0.3, 0.4) is 0 Å². The second kappa shape index (κ2) is 6.33. The third-order valence-corrected chi connectivity index (χ3v) is 4.69. The summed E-state index contributed by atoms with van der Waals surface area (Å²) in [4.78, 5) is 11.0. The van der Waals surface area contributed by atoms with Crippen LogP contribution in [0.1, 0.15) is 44.1 Å². The molecule has 0 unspecified atom stereocenters. The molecule has 1 aliphatic carbocycles. The van der Waals surface area contributed by atoms with Crippen molar-refractivity contribution >= 4 is 16.8 Å². The summed E-state index contributed by atoms with van der Waals surface area (Å²) in [6, 6.07) is 8.51. The first-order valence-corrected chi connectivity index (χ1v) is 8.09. The average molecular weight is 284 g/mol. The van der Waals surface area contributed by atoms with E-state index in [-0.39, 0.29) is 5.91 Å². The van der Waals surface area contributed by atoms with Gasteiger partial charge in [0.15, 0.2) is 0 Å². The fraction of sp³-hybridized carbons (Fsp3) is 0.500. The van der Waals surface area contributed by atoms with Crippen molar-refractivity contribution in [1.82, 2.24) is 4.57 Å². The molecule has 3 nitrogen and oxygen atoms in total. The highest BCUT2D eigenvalue weighted by Gasteiger charge is 2.16. The lowest BCUT2D eigenvalue weighted by Crippen LogP contribution is -2.13. The molecule has 1 aromatic carbocycles. The summed E-state index contributed by atoms with van der Waals surface area (Å²) in [6.45, 7) is 1.11. The minimum atomic E-state index is -0.223. The molecule has 0 aliphatic heterocycles. The van der Waals surface area contributed by atoms with Gasteiger partial charge in [0.05, 0.1) is 0 Å². The van der Waals surface area contributed by atoms with Crippen molar-refractivity contribution in [2.75, 3.05) is 0 Å². The predicted molar refractivity (Wildman–Crippen MR) is 86.0 cm³/mol. The monoisotopic (exact) mass is 284 g/mol. The number of carbonyl (C=O) groups is 1. The molecule has 0 radical (unpaired) electrons. The average Bonchev–Trinajstić information content (AvgIpc) is 2.85. The first kappa shape index (κ1) is 14.2. The summed E-state index contributed by atoms with van der Waals surface area (Å²) in [7, 11) is 0. The van der Waals surface area contributed by atoms with Gasteiger partial charge in [0.25, 0.3) is 0 Å². The molecule has 1 aromatic heterocycles. The molecular formula is C18H24N2O. The highest BCUT2D eigenvalue weighted by atomic mass is 16.1. The van der Waals surface area contributed by atoms with Gasteiger partial charge in [-0.3, -0.25) is 4.79 Å². The SMILES string of the molecule is NC(=O)CCc1cn(CC2CCCCC2)c2ccccc12. The second-order valence-electron chi connectivity index (χ2n) is 6.29. The number of fused-ring (bicyclic) bond motifs is 1. The van der Waals surface area contributed by atoms with Gasteiger partial charge < -0.3 is 10.3 Å². The summed E-state index contributed by atoms with van der Waals surface area (Å²) in [5.41, 5.74) is 7.84. The lowest BCUT2D eigenvalue weighted by atomic mass is 9.89. The van der Waals surface area contributed by atoms with E-state index < -0.39 is 0 Å². The molecule has 112 valence electrons. The number of primary amides is 1. The van der Waals surface area contributed by atoms with Crippen LogP contribution < -0.4 is 5.73 Å². The third-order valence-electron chi connectivity index (χ3n) is 4.69. The van der Waals surface area contributed by atoms with E-state index >= 15 is 0 Å². The molecule has 3 heteroatoms. The number of hydrogen-bond acceptors (Lipinski definition) is 1. The van der Waals surface area contributed by atoms with Crippen molar-refractivity contribution in [2.45, 2.75) is 51.5 Å². The van der Waals surface area contributed by atoms with Gasteiger partial charge >= 0.3 is 0 Å². The Hall–Kier alpha value is -1.77. The first-order chi connectivity index (χ1) is 10.2. The van der Waals surface area contributed by atoms with E-state index in [2.05, 4.69) is 35.0 Å². The van der Waals surface area contributed by atoms with Gasteiger partial charge in [0.1, 0.15) is 0 Å². The van der Waals surface area contributed by atoms with Crippen molar-refractivity contribution < 1.29 is 4.79 Å². The van der Waals surface area contributed by atoms with E-state index in [1.165, 1.54) is 48.6 Å². The van der Waals surface area contributed by atoms with Gasteiger partial charge in [-0.1, -0.05) is 37.5 Å². The molecule has 2 N–H and O–H groups in total. The quantitative estimate of drug-likeness (QED) is 0.895. The first-order valence-electron chi connectivity index (χ1n) is 8.09. The predicted octanol–water partition coefficient (Wildman–Crippen LogP) is 3.64. The minimum Gasteiger partial charge on any atom is -0.370 e. The smallest absolute Gasteiger partial charge is 0.217 e.